The summed E-state index contributed by atoms with van der Waals surface area (Å²) in [5, 5.41) is 1.28. The van der Waals surface area contributed by atoms with Crippen LogP contribution in [0.25, 0.3) is 22.8 Å². The number of halogens is 2. The van der Waals surface area contributed by atoms with Crippen LogP contribution in [0, 0.1) is 0 Å². The van der Waals surface area contributed by atoms with Crippen molar-refractivity contribution in [3.05, 3.63) is 273 Å². The van der Waals surface area contributed by atoms with E-state index in [0.717, 1.165) is 55.6 Å². The second kappa shape index (κ2) is 22.5. The van der Waals surface area contributed by atoms with Crippen molar-refractivity contribution < 1.29 is 0 Å². The van der Waals surface area contributed by atoms with Crippen LogP contribution in [0.5, 0.6) is 0 Å². The minimum atomic E-state index is 0.511. The Morgan fingerprint density at radius 1 is 0.284 bits per heavy atom. The van der Waals surface area contributed by atoms with E-state index in [0.29, 0.717) is 97.8 Å². The zero-order chi connectivity index (χ0) is 50.1. The molecule has 2 aromatic heterocycles. The normalized spacial score (nSPS) is 12.9. The molecule has 10 aromatic rings. The summed E-state index contributed by atoms with van der Waals surface area (Å²) in [5.74, 6) is 3.36. The van der Waals surface area contributed by atoms with Gasteiger partial charge in [0.1, 0.15) is 0 Å². The summed E-state index contributed by atoms with van der Waals surface area (Å²) in [6.07, 6.45) is 0. The molecule has 1 aliphatic heterocycles. The number of hydrogen-bond donors (Lipinski definition) is 0. The van der Waals surface area contributed by atoms with Gasteiger partial charge in [0.2, 0.25) is 23.8 Å². The second-order valence-electron chi connectivity index (χ2n) is 18.5. The van der Waals surface area contributed by atoms with E-state index < -0.39 is 0 Å². The summed E-state index contributed by atoms with van der Waals surface area (Å²) in [6, 6.07) is 74.9. The van der Waals surface area contributed by atoms with Crippen molar-refractivity contribution in [2.45, 2.75) is 52.4 Å². The molecule has 1 aliphatic rings. The number of benzene rings is 8. The van der Waals surface area contributed by atoms with Gasteiger partial charge in [0, 0.05) is 73.5 Å². The van der Waals surface area contributed by atoms with E-state index >= 15 is 0 Å². The third-order valence-corrected chi connectivity index (χ3v) is 13.4. The third kappa shape index (κ3) is 12.1. The van der Waals surface area contributed by atoms with Gasteiger partial charge in [-0.15, -0.1) is 0 Å². The molecule has 11 rings (SSSR count). The summed E-state index contributed by atoms with van der Waals surface area (Å²) >= 11 is 12.9. The first-order valence-corrected chi connectivity index (χ1v) is 25.5. The summed E-state index contributed by atoms with van der Waals surface area (Å²) < 4.78 is 0. The largest absolute Gasteiger partial charge is 0.332 e. The van der Waals surface area contributed by atoms with Crippen LogP contribution in [0.3, 0.4) is 0 Å². The van der Waals surface area contributed by atoms with E-state index in [1.54, 1.807) is 0 Å². The highest BCUT2D eigenvalue weighted by atomic mass is 35.5. The zero-order valence-electron chi connectivity index (χ0n) is 40.7. The number of anilines is 4. The van der Waals surface area contributed by atoms with E-state index in [4.69, 9.17) is 53.1 Å². The maximum Gasteiger partial charge on any atom is 0.231 e. The predicted octanol–water partition coefficient (Wildman–Crippen LogP) is 13.8. The van der Waals surface area contributed by atoms with Crippen LogP contribution in [0.2, 0.25) is 10.0 Å². The fourth-order valence-corrected chi connectivity index (χ4v) is 9.52. The topological polar surface area (TPSA) is 90.3 Å². The van der Waals surface area contributed by atoms with Gasteiger partial charge in [0.15, 0.2) is 11.6 Å². The summed E-state index contributed by atoms with van der Waals surface area (Å²) in [7, 11) is 0. The standard InChI is InChI=1S/C62H52Cl2N10/c63-55-31-27-53(28-32-55)57-65-59-69-60(66-57)72(38-46-17-7-2-8-18-46)43-51-25-14-26-52(36-51)44-74(40-48-21-11-4-12-22-48)62-68-58(54-29-33-56(64)34-30-54)67-61(70-62)73(39-47-19-9-3-10-20-47)42-50-24-13-23-49(35-50)41-71(59)37-45-15-5-1-6-16-45/h1-36H,37-44H2. The van der Waals surface area contributed by atoms with E-state index in [-0.39, 0.29) is 0 Å². The first kappa shape index (κ1) is 47.9. The van der Waals surface area contributed by atoms with Gasteiger partial charge >= 0.3 is 0 Å². The van der Waals surface area contributed by atoms with Gasteiger partial charge in [-0.2, -0.15) is 29.9 Å². The Labute approximate surface area is 442 Å². The Morgan fingerprint density at radius 2 is 0.541 bits per heavy atom. The number of rotatable bonds is 10. The van der Waals surface area contributed by atoms with Gasteiger partial charge in [-0.1, -0.05) is 193 Å². The average Bonchev–Trinajstić information content (AvgIpc) is 3.44. The van der Waals surface area contributed by atoms with E-state index in [1.807, 2.05) is 72.8 Å². The molecule has 0 saturated carbocycles. The molecule has 0 fully saturated rings. The molecule has 0 radical (unpaired) electrons. The predicted molar refractivity (Wildman–Crippen MR) is 299 cm³/mol. The number of hydrogen-bond acceptors (Lipinski definition) is 10. The summed E-state index contributed by atoms with van der Waals surface area (Å²) in [6.45, 7) is 4.25. The van der Waals surface area contributed by atoms with Gasteiger partial charge in [-0.3, -0.25) is 0 Å². The molecule has 8 aromatic carbocycles. The quantitative estimate of drug-likeness (QED) is 0.132. The molecule has 364 valence electrons. The molecule has 74 heavy (non-hydrogen) atoms. The lowest BCUT2D eigenvalue weighted by Gasteiger charge is -2.29. The smallest absolute Gasteiger partial charge is 0.231 e. The van der Waals surface area contributed by atoms with E-state index in [1.165, 1.54) is 0 Å². The Kier molecular flexibility index (Phi) is 14.6. The van der Waals surface area contributed by atoms with Gasteiger partial charge in [0.25, 0.3) is 0 Å². The van der Waals surface area contributed by atoms with Crippen LogP contribution in [-0.4, -0.2) is 29.9 Å². The molecule has 0 saturated heterocycles. The number of nitrogens with zero attached hydrogens (tertiary/aromatic N) is 10. The lowest BCUT2D eigenvalue weighted by molar-refractivity contribution is 0.717. The average molecular weight is 1010 g/mol. The van der Waals surface area contributed by atoms with E-state index in [2.05, 4.69) is 165 Å². The van der Waals surface area contributed by atoms with Crippen LogP contribution in [0.15, 0.2) is 218 Å². The van der Waals surface area contributed by atoms with Crippen LogP contribution in [0.4, 0.5) is 23.8 Å². The molecule has 3 heterocycles. The van der Waals surface area contributed by atoms with Gasteiger partial charge in [0.05, 0.1) is 0 Å². The second-order valence-corrected chi connectivity index (χ2v) is 19.4. The number of aromatic nitrogens is 6. The Morgan fingerprint density at radius 3 is 0.797 bits per heavy atom. The van der Waals surface area contributed by atoms with Crippen molar-refractivity contribution in [1.29, 1.82) is 0 Å². The molecule has 0 aliphatic carbocycles. The van der Waals surface area contributed by atoms with Crippen molar-refractivity contribution >= 4 is 47.0 Å². The summed E-state index contributed by atoms with van der Waals surface area (Å²) in [5.41, 5.74) is 10.6. The molecule has 0 amide bonds. The fourth-order valence-electron chi connectivity index (χ4n) is 9.27. The fraction of sp³-hybridized carbons (Fsp3) is 0.129. The maximum absolute atomic E-state index is 6.47. The van der Waals surface area contributed by atoms with Crippen molar-refractivity contribution in [3.8, 4) is 22.8 Å². The molecular weight excluding hydrogens is 956 g/mol. The molecular formula is C62H52Cl2N10. The monoisotopic (exact) mass is 1010 g/mol. The van der Waals surface area contributed by atoms with Crippen molar-refractivity contribution in [2.24, 2.45) is 0 Å². The molecule has 0 spiro atoms. The van der Waals surface area contributed by atoms with Crippen LogP contribution >= 0.6 is 23.2 Å². The molecule has 0 unspecified atom stereocenters. The van der Waals surface area contributed by atoms with Crippen LogP contribution < -0.4 is 19.6 Å². The van der Waals surface area contributed by atoms with Gasteiger partial charge < -0.3 is 19.6 Å². The first-order chi connectivity index (χ1) is 36.4. The van der Waals surface area contributed by atoms with Crippen LogP contribution in [-0.2, 0) is 52.4 Å². The minimum absolute atomic E-state index is 0.511. The van der Waals surface area contributed by atoms with E-state index in [9.17, 15) is 0 Å². The number of fused-ring (bicyclic) bond motifs is 8. The van der Waals surface area contributed by atoms with Gasteiger partial charge in [-0.05, 0) is 93.0 Å². The van der Waals surface area contributed by atoms with Gasteiger partial charge in [-0.25, -0.2) is 0 Å². The summed E-state index contributed by atoms with van der Waals surface area (Å²) in [4.78, 5) is 41.0. The lowest BCUT2D eigenvalue weighted by atomic mass is 10.1. The third-order valence-electron chi connectivity index (χ3n) is 12.9. The molecule has 12 heteroatoms. The molecule has 8 bridgehead atoms. The molecule has 10 nitrogen and oxygen atoms in total. The Balaban J connectivity index is 1.11. The minimum Gasteiger partial charge on any atom is -0.332 e. The SMILES string of the molecule is Clc1ccc(-c2nc3nc(n2)N(Cc2ccccc2)Cc2cccc(c2)CN(Cc2ccccc2)c2nc(-c4ccc(Cl)cc4)nc(n2)N(Cc2ccccc2)Cc2cccc(c2)CN3Cc2ccccc2)cc1. The first-order valence-electron chi connectivity index (χ1n) is 24.7. The Bertz CT molecular complexity index is 3040. The highest BCUT2D eigenvalue weighted by molar-refractivity contribution is 6.30. The van der Waals surface area contributed by atoms with Crippen molar-refractivity contribution in [1.82, 2.24) is 29.9 Å². The van der Waals surface area contributed by atoms with Crippen molar-refractivity contribution in [3.63, 3.8) is 0 Å². The Hall–Kier alpha value is -8.44. The molecule has 0 atom stereocenters. The highest BCUT2D eigenvalue weighted by Crippen LogP contribution is 2.31. The molecule has 0 N–H and O–H groups in total. The highest BCUT2D eigenvalue weighted by Gasteiger charge is 2.24. The zero-order valence-corrected chi connectivity index (χ0v) is 42.2. The van der Waals surface area contributed by atoms with Crippen LogP contribution in [0.1, 0.15) is 44.5 Å². The lowest BCUT2D eigenvalue weighted by Crippen LogP contribution is -2.30. The van der Waals surface area contributed by atoms with Crippen molar-refractivity contribution in [2.75, 3.05) is 19.6 Å². The maximum atomic E-state index is 6.47.